The summed E-state index contributed by atoms with van der Waals surface area (Å²) in [6.45, 7) is 9.23. The van der Waals surface area contributed by atoms with Crippen LogP contribution in [0, 0.1) is 27.7 Å². The molecule has 2 heterocycles. The predicted molar refractivity (Wildman–Crippen MR) is 99.5 cm³/mol. The van der Waals surface area contributed by atoms with Gasteiger partial charge in [0, 0.05) is 18.8 Å². The summed E-state index contributed by atoms with van der Waals surface area (Å²) in [7, 11) is 0. The maximum Gasteiger partial charge on any atom is 0.273 e. The van der Waals surface area contributed by atoms with Crippen molar-refractivity contribution in [2.75, 3.05) is 6.54 Å². The largest absolute Gasteiger partial charge is 0.351 e. The molecule has 0 saturated heterocycles. The average molecular weight is 352 g/mol. The van der Waals surface area contributed by atoms with Crippen LogP contribution in [0.25, 0.3) is 5.69 Å². The topological polar surface area (TPSA) is 77.6 Å². The quantitative estimate of drug-likeness (QED) is 0.692. The fourth-order valence-corrected chi connectivity index (χ4v) is 2.89. The molecule has 0 radical (unpaired) electrons. The van der Waals surface area contributed by atoms with E-state index in [1.165, 1.54) is 5.56 Å². The Balaban J connectivity index is 1.58. The van der Waals surface area contributed by atoms with Crippen molar-refractivity contribution in [3.8, 4) is 5.69 Å². The normalized spacial score (nSPS) is 10.9. The first-order chi connectivity index (χ1) is 12.5. The third-order valence-corrected chi connectivity index (χ3v) is 4.32. The molecule has 0 unspecified atom stereocenters. The van der Waals surface area contributed by atoms with E-state index in [0.717, 1.165) is 35.7 Å². The van der Waals surface area contributed by atoms with Crippen LogP contribution in [0.15, 0.2) is 30.3 Å². The molecule has 0 saturated carbocycles. The molecule has 1 amide bonds. The van der Waals surface area contributed by atoms with Crippen LogP contribution in [0.2, 0.25) is 0 Å². The minimum absolute atomic E-state index is 0.200. The molecular formula is C19H24N6O. The van der Waals surface area contributed by atoms with Gasteiger partial charge in [-0.25, -0.2) is 4.68 Å². The van der Waals surface area contributed by atoms with Crippen LogP contribution in [0.4, 0.5) is 0 Å². The molecule has 0 aliphatic carbocycles. The third-order valence-electron chi connectivity index (χ3n) is 4.32. The zero-order chi connectivity index (χ0) is 18.7. The summed E-state index contributed by atoms with van der Waals surface area (Å²) < 4.78 is 3.64. The highest BCUT2D eigenvalue weighted by Gasteiger charge is 2.16. The molecule has 7 nitrogen and oxygen atoms in total. The van der Waals surface area contributed by atoms with Gasteiger partial charge in [-0.15, -0.1) is 5.10 Å². The van der Waals surface area contributed by atoms with Crippen molar-refractivity contribution < 1.29 is 4.79 Å². The van der Waals surface area contributed by atoms with E-state index < -0.39 is 0 Å². The molecule has 3 aromatic rings. The van der Waals surface area contributed by atoms with Gasteiger partial charge in [-0.1, -0.05) is 22.9 Å². The molecular weight excluding hydrogens is 328 g/mol. The molecule has 26 heavy (non-hydrogen) atoms. The van der Waals surface area contributed by atoms with Gasteiger partial charge in [0.15, 0.2) is 5.69 Å². The van der Waals surface area contributed by atoms with Crippen molar-refractivity contribution in [1.82, 2.24) is 30.1 Å². The molecule has 1 N–H and O–H groups in total. The summed E-state index contributed by atoms with van der Waals surface area (Å²) in [5, 5.41) is 15.5. The Kier molecular flexibility index (Phi) is 5.16. The van der Waals surface area contributed by atoms with E-state index in [1.807, 2.05) is 62.7 Å². The molecule has 2 aromatic heterocycles. The molecule has 1 aromatic carbocycles. The minimum Gasteiger partial charge on any atom is -0.351 e. The summed E-state index contributed by atoms with van der Waals surface area (Å²) in [5.74, 6) is -0.200. The van der Waals surface area contributed by atoms with E-state index in [-0.39, 0.29) is 5.91 Å². The van der Waals surface area contributed by atoms with Crippen LogP contribution in [0.5, 0.6) is 0 Å². The Bertz CT molecular complexity index is 907. The maximum absolute atomic E-state index is 12.4. The zero-order valence-electron chi connectivity index (χ0n) is 15.7. The molecule has 3 rings (SSSR count). The van der Waals surface area contributed by atoms with E-state index in [9.17, 15) is 4.79 Å². The lowest BCUT2D eigenvalue weighted by atomic mass is 10.2. The Morgan fingerprint density at radius 3 is 2.50 bits per heavy atom. The standard InChI is InChI=1S/C19H24N6O/c1-13-6-8-17(9-7-13)25-16(4)18(21-23-25)19(26)20-10-5-11-24-15(3)12-14(2)22-24/h6-9,12H,5,10-11H2,1-4H3,(H,20,26). The predicted octanol–water partition coefficient (Wildman–Crippen LogP) is 2.52. The van der Waals surface area contributed by atoms with Crippen LogP contribution in [0.1, 0.15) is 39.6 Å². The lowest BCUT2D eigenvalue weighted by molar-refractivity contribution is 0.0947. The van der Waals surface area contributed by atoms with Gasteiger partial charge in [0.25, 0.3) is 5.91 Å². The monoisotopic (exact) mass is 352 g/mol. The van der Waals surface area contributed by atoms with Crippen molar-refractivity contribution in [2.45, 2.75) is 40.7 Å². The smallest absolute Gasteiger partial charge is 0.273 e. The molecule has 136 valence electrons. The number of aromatic nitrogens is 5. The minimum atomic E-state index is -0.200. The first kappa shape index (κ1) is 17.8. The highest BCUT2D eigenvalue weighted by atomic mass is 16.2. The molecule has 0 fully saturated rings. The summed E-state index contributed by atoms with van der Waals surface area (Å²) in [6, 6.07) is 10.00. The SMILES string of the molecule is Cc1ccc(-n2nnc(C(=O)NCCCn3nc(C)cc3C)c2C)cc1. The van der Waals surface area contributed by atoms with E-state index in [0.29, 0.717) is 12.2 Å². The number of amides is 1. The van der Waals surface area contributed by atoms with Gasteiger partial charge in [0.1, 0.15) is 0 Å². The number of carbonyl (C=O) groups is 1. The summed E-state index contributed by atoms with van der Waals surface area (Å²) >= 11 is 0. The second-order valence-corrected chi connectivity index (χ2v) is 6.53. The number of hydrogen-bond acceptors (Lipinski definition) is 4. The fraction of sp³-hybridized carbons (Fsp3) is 0.368. The molecule has 0 bridgehead atoms. The number of aryl methyl sites for hydroxylation is 4. The summed E-state index contributed by atoms with van der Waals surface area (Å²) in [5.41, 5.74) is 5.29. The Morgan fingerprint density at radius 1 is 1.12 bits per heavy atom. The third kappa shape index (κ3) is 3.82. The van der Waals surface area contributed by atoms with Crippen LogP contribution >= 0.6 is 0 Å². The molecule has 0 aliphatic rings. The van der Waals surface area contributed by atoms with Gasteiger partial charge in [-0.05, 0) is 52.3 Å². The first-order valence-electron chi connectivity index (χ1n) is 8.74. The van der Waals surface area contributed by atoms with Crippen LogP contribution in [-0.2, 0) is 6.54 Å². The average Bonchev–Trinajstić information content (AvgIpc) is 3.14. The van der Waals surface area contributed by atoms with Gasteiger partial charge >= 0.3 is 0 Å². The second-order valence-electron chi connectivity index (χ2n) is 6.53. The first-order valence-corrected chi connectivity index (χ1v) is 8.74. The van der Waals surface area contributed by atoms with Crippen molar-refractivity contribution in [1.29, 1.82) is 0 Å². The number of rotatable bonds is 6. The van der Waals surface area contributed by atoms with Gasteiger partial charge < -0.3 is 5.32 Å². The van der Waals surface area contributed by atoms with Crippen molar-refractivity contribution in [3.05, 3.63) is 58.7 Å². The lowest BCUT2D eigenvalue weighted by Crippen LogP contribution is -2.26. The van der Waals surface area contributed by atoms with E-state index >= 15 is 0 Å². The Hall–Kier alpha value is -2.96. The van der Waals surface area contributed by atoms with E-state index in [4.69, 9.17) is 0 Å². The highest BCUT2D eigenvalue weighted by Crippen LogP contribution is 2.13. The summed E-state index contributed by atoms with van der Waals surface area (Å²) in [6.07, 6.45) is 0.804. The van der Waals surface area contributed by atoms with Crippen LogP contribution in [-0.4, -0.2) is 37.2 Å². The number of carbonyl (C=O) groups excluding carboxylic acids is 1. The number of benzene rings is 1. The van der Waals surface area contributed by atoms with Gasteiger partial charge in [0.05, 0.1) is 17.1 Å². The molecule has 0 spiro atoms. The second kappa shape index (κ2) is 7.51. The van der Waals surface area contributed by atoms with Crippen LogP contribution < -0.4 is 5.32 Å². The van der Waals surface area contributed by atoms with Gasteiger partial charge in [0.2, 0.25) is 0 Å². The highest BCUT2D eigenvalue weighted by molar-refractivity contribution is 5.93. The molecule has 0 atom stereocenters. The number of nitrogens with one attached hydrogen (secondary N) is 1. The fourth-order valence-electron chi connectivity index (χ4n) is 2.89. The van der Waals surface area contributed by atoms with Crippen molar-refractivity contribution >= 4 is 5.91 Å². The van der Waals surface area contributed by atoms with E-state index in [2.05, 4.69) is 20.7 Å². The van der Waals surface area contributed by atoms with Gasteiger partial charge in [-0.2, -0.15) is 5.10 Å². The van der Waals surface area contributed by atoms with Gasteiger partial charge in [-0.3, -0.25) is 9.48 Å². The number of nitrogens with zero attached hydrogens (tertiary/aromatic N) is 5. The zero-order valence-corrected chi connectivity index (χ0v) is 15.7. The number of hydrogen-bond donors (Lipinski definition) is 1. The van der Waals surface area contributed by atoms with Crippen LogP contribution in [0.3, 0.4) is 0 Å². The van der Waals surface area contributed by atoms with Crippen molar-refractivity contribution in [2.24, 2.45) is 0 Å². The molecule has 7 heteroatoms. The van der Waals surface area contributed by atoms with E-state index in [1.54, 1.807) is 4.68 Å². The van der Waals surface area contributed by atoms with Crippen molar-refractivity contribution in [3.63, 3.8) is 0 Å². The Labute approximate surface area is 153 Å². The molecule has 0 aliphatic heterocycles. The Morgan fingerprint density at radius 2 is 1.85 bits per heavy atom. The summed E-state index contributed by atoms with van der Waals surface area (Å²) in [4.78, 5) is 12.4. The maximum atomic E-state index is 12.4. The lowest BCUT2D eigenvalue weighted by Gasteiger charge is -2.06.